The topological polar surface area (TPSA) is 118 Å². The molecule has 2 heterocycles. The number of carboxylic acids is 1. The molecule has 1 aromatic carbocycles. The van der Waals surface area contributed by atoms with Crippen LogP contribution < -0.4 is 5.32 Å². The number of hydrogen-bond donors (Lipinski definition) is 2. The maximum atomic E-state index is 12.1. The molecule has 122 valence electrons. The minimum atomic E-state index is -0.918. The van der Waals surface area contributed by atoms with Crippen molar-refractivity contribution >= 4 is 39.7 Å². The predicted octanol–water partition coefficient (Wildman–Crippen LogP) is 2.33. The van der Waals surface area contributed by atoms with Crippen molar-refractivity contribution in [3.05, 3.63) is 40.3 Å². The van der Waals surface area contributed by atoms with Crippen molar-refractivity contribution in [1.29, 1.82) is 0 Å². The summed E-state index contributed by atoms with van der Waals surface area (Å²) in [5, 5.41) is 28.6. The number of carbonyl (C=O) groups is 2. The molecule has 0 bridgehead atoms. The molecule has 0 unspecified atom stereocenters. The molecule has 0 saturated heterocycles. The summed E-state index contributed by atoms with van der Waals surface area (Å²) in [5.41, 5.74) is 0.919. The van der Waals surface area contributed by atoms with Crippen molar-refractivity contribution in [3.8, 4) is 10.6 Å². The van der Waals surface area contributed by atoms with Gasteiger partial charge in [0.15, 0.2) is 0 Å². The Morgan fingerprint density at radius 2 is 1.83 bits per heavy atom. The third-order valence-corrected chi connectivity index (χ3v) is 4.75. The molecule has 2 aromatic heterocycles. The second-order valence-electron chi connectivity index (χ2n) is 4.63. The second-order valence-corrected chi connectivity index (χ2v) is 6.67. The van der Waals surface area contributed by atoms with Gasteiger partial charge in [0.25, 0.3) is 5.91 Å². The van der Waals surface area contributed by atoms with E-state index in [1.54, 1.807) is 0 Å². The van der Waals surface area contributed by atoms with E-state index in [4.69, 9.17) is 5.11 Å². The standard InChI is InChI=1S/C14H11N5O3S2/c20-10(21)7-6-9-16-18-13(23-9)11(22)15-14-19-17-12(24-14)8-4-2-1-3-5-8/h1-5H,6-7H2,(H,20,21)(H,15,19,22). The van der Waals surface area contributed by atoms with Gasteiger partial charge in [-0.1, -0.05) is 53.0 Å². The van der Waals surface area contributed by atoms with Crippen LogP contribution in [0.5, 0.6) is 0 Å². The molecule has 0 radical (unpaired) electrons. The van der Waals surface area contributed by atoms with Gasteiger partial charge in [0.1, 0.15) is 10.0 Å². The van der Waals surface area contributed by atoms with Crippen LogP contribution in [0, 0.1) is 0 Å². The van der Waals surface area contributed by atoms with Crippen molar-refractivity contribution in [1.82, 2.24) is 20.4 Å². The molecule has 10 heteroatoms. The van der Waals surface area contributed by atoms with Crippen molar-refractivity contribution < 1.29 is 14.7 Å². The first kappa shape index (κ1) is 16.1. The molecule has 1 amide bonds. The van der Waals surface area contributed by atoms with E-state index in [-0.39, 0.29) is 17.8 Å². The molecule has 8 nitrogen and oxygen atoms in total. The number of rotatable bonds is 6. The largest absolute Gasteiger partial charge is 0.481 e. The van der Waals surface area contributed by atoms with Gasteiger partial charge in [0.2, 0.25) is 10.1 Å². The molecular formula is C14H11N5O3S2. The number of amides is 1. The van der Waals surface area contributed by atoms with Crippen LogP contribution in [0.4, 0.5) is 5.13 Å². The summed E-state index contributed by atoms with van der Waals surface area (Å²) in [6, 6.07) is 9.52. The number of aromatic nitrogens is 4. The van der Waals surface area contributed by atoms with Gasteiger partial charge in [0.05, 0.1) is 6.42 Å². The maximum Gasteiger partial charge on any atom is 0.303 e. The highest BCUT2D eigenvalue weighted by atomic mass is 32.1. The number of nitrogens with one attached hydrogen (secondary N) is 1. The molecule has 3 aromatic rings. The number of aryl methyl sites for hydroxylation is 1. The zero-order chi connectivity index (χ0) is 16.9. The number of carboxylic acid groups (broad SMARTS) is 1. The summed E-state index contributed by atoms with van der Waals surface area (Å²) in [6.07, 6.45) is 0.199. The number of benzene rings is 1. The molecule has 0 atom stereocenters. The Bertz CT molecular complexity index is 862. The van der Waals surface area contributed by atoms with Crippen LogP contribution in [0.1, 0.15) is 21.2 Å². The van der Waals surface area contributed by atoms with E-state index in [1.807, 2.05) is 30.3 Å². The molecule has 2 N–H and O–H groups in total. The lowest BCUT2D eigenvalue weighted by atomic mass is 10.2. The zero-order valence-electron chi connectivity index (χ0n) is 12.2. The van der Waals surface area contributed by atoms with Crippen LogP contribution in [0.15, 0.2) is 30.3 Å². The number of aliphatic carboxylic acids is 1. The van der Waals surface area contributed by atoms with Crippen LogP contribution >= 0.6 is 22.7 Å². The minimum absolute atomic E-state index is 0.0485. The van der Waals surface area contributed by atoms with Crippen LogP contribution in [0.3, 0.4) is 0 Å². The van der Waals surface area contributed by atoms with E-state index in [0.717, 1.165) is 16.9 Å². The highest BCUT2D eigenvalue weighted by Gasteiger charge is 2.16. The zero-order valence-corrected chi connectivity index (χ0v) is 13.8. The van der Waals surface area contributed by atoms with Gasteiger partial charge in [-0.2, -0.15) is 0 Å². The van der Waals surface area contributed by atoms with Crippen molar-refractivity contribution in [3.63, 3.8) is 0 Å². The Morgan fingerprint density at radius 3 is 2.58 bits per heavy atom. The fourth-order valence-corrected chi connectivity index (χ4v) is 3.26. The Balaban J connectivity index is 1.65. The van der Waals surface area contributed by atoms with E-state index in [9.17, 15) is 9.59 Å². The maximum absolute atomic E-state index is 12.1. The van der Waals surface area contributed by atoms with Crippen molar-refractivity contribution in [2.45, 2.75) is 12.8 Å². The Morgan fingerprint density at radius 1 is 1.04 bits per heavy atom. The summed E-state index contributed by atoms with van der Waals surface area (Å²) in [6.45, 7) is 0. The number of anilines is 1. The summed E-state index contributed by atoms with van der Waals surface area (Å²) >= 11 is 2.32. The Labute approximate surface area is 144 Å². The third kappa shape index (κ3) is 3.97. The molecule has 3 rings (SSSR count). The molecular weight excluding hydrogens is 350 g/mol. The van der Waals surface area contributed by atoms with E-state index >= 15 is 0 Å². The quantitative estimate of drug-likeness (QED) is 0.691. The molecule has 0 aliphatic rings. The van der Waals surface area contributed by atoms with Gasteiger partial charge in [-0.15, -0.1) is 20.4 Å². The van der Waals surface area contributed by atoms with Gasteiger partial charge in [-0.05, 0) is 0 Å². The molecule has 0 aliphatic carbocycles. The van der Waals surface area contributed by atoms with E-state index < -0.39 is 11.9 Å². The van der Waals surface area contributed by atoms with Crippen LogP contribution in [-0.2, 0) is 11.2 Å². The van der Waals surface area contributed by atoms with Gasteiger partial charge >= 0.3 is 5.97 Å². The Hall–Kier alpha value is -2.72. The summed E-state index contributed by atoms with van der Waals surface area (Å²) < 4.78 is 0. The smallest absolute Gasteiger partial charge is 0.303 e. The molecule has 24 heavy (non-hydrogen) atoms. The number of carbonyl (C=O) groups excluding carboxylic acids is 1. The average Bonchev–Trinajstić information content (AvgIpc) is 3.23. The average molecular weight is 361 g/mol. The fraction of sp³-hybridized carbons (Fsp3) is 0.143. The molecule has 0 aliphatic heterocycles. The summed E-state index contributed by atoms with van der Waals surface area (Å²) in [5.74, 6) is -1.36. The van der Waals surface area contributed by atoms with Crippen molar-refractivity contribution in [2.75, 3.05) is 5.32 Å². The van der Waals surface area contributed by atoms with Gasteiger partial charge in [-0.25, -0.2) is 0 Å². The molecule has 0 spiro atoms. The highest BCUT2D eigenvalue weighted by Crippen LogP contribution is 2.26. The van der Waals surface area contributed by atoms with Gasteiger partial charge in [-0.3, -0.25) is 14.9 Å². The first-order valence-corrected chi connectivity index (χ1v) is 8.49. The summed E-state index contributed by atoms with van der Waals surface area (Å²) in [4.78, 5) is 22.7. The lowest BCUT2D eigenvalue weighted by Gasteiger charge is -1.95. The molecule has 0 fully saturated rings. The van der Waals surface area contributed by atoms with Crippen LogP contribution in [-0.4, -0.2) is 37.4 Å². The van der Waals surface area contributed by atoms with E-state index in [0.29, 0.717) is 15.1 Å². The SMILES string of the molecule is O=C(O)CCc1nnc(C(=O)Nc2nnc(-c3ccccc3)s2)s1. The fourth-order valence-electron chi connectivity index (χ4n) is 1.78. The molecule has 0 saturated carbocycles. The highest BCUT2D eigenvalue weighted by molar-refractivity contribution is 7.18. The first-order valence-electron chi connectivity index (χ1n) is 6.86. The third-order valence-electron chi connectivity index (χ3n) is 2.88. The number of hydrogen-bond acceptors (Lipinski definition) is 8. The monoisotopic (exact) mass is 361 g/mol. The van der Waals surface area contributed by atoms with Crippen LogP contribution in [0.2, 0.25) is 0 Å². The van der Waals surface area contributed by atoms with Crippen molar-refractivity contribution in [2.24, 2.45) is 0 Å². The minimum Gasteiger partial charge on any atom is -0.481 e. The van der Waals surface area contributed by atoms with E-state index in [1.165, 1.54) is 11.3 Å². The van der Waals surface area contributed by atoms with Crippen LogP contribution in [0.25, 0.3) is 10.6 Å². The Kier molecular flexibility index (Phi) is 4.87. The first-order chi connectivity index (χ1) is 11.6. The lowest BCUT2D eigenvalue weighted by Crippen LogP contribution is -2.11. The predicted molar refractivity (Wildman–Crippen MR) is 89.2 cm³/mol. The number of nitrogens with zero attached hydrogens (tertiary/aromatic N) is 4. The van der Waals surface area contributed by atoms with Gasteiger partial charge < -0.3 is 5.11 Å². The second kappa shape index (κ2) is 7.23. The lowest BCUT2D eigenvalue weighted by molar-refractivity contribution is -0.136. The summed E-state index contributed by atoms with van der Waals surface area (Å²) in [7, 11) is 0. The normalized spacial score (nSPS) is 10.5. The van der Waals surface area contributed by atoms with E-state index in [2.05, 4.69) is 25.7 Å². The van der Waals surface area contributed by atoms with Gasteiger partial charge in [0, 0.05) is 12.0 Å².